The normalized spacial score (nSPS) is 18.4. The Bertz CT molecular complexity index is 910. The monoisotopic (exact) mass is 410 g/mol. The number of H-pyrrole nitrogens is 1. The van der Waals surface area contributed by atoms with E-state index in [-0.39, 0.29) is 17.5 Å². The van der Waals surface area contributed by atoms with Crippen LogP contribution in [0.25, 0.3) is 11.0 Å². The minimum absolute atomic E-state index is 0.108. The van der Waals surface area contributed by atoms with Crippen LogP contribution in [0.15, 0.2) is 48.8 Å². The van der Waals surface area contributed by atoms with Crippen molar-refractivity contribution in [3.8, 4) is 0 Å². The van der Waals surface area contributed by atoms with Crippen LogP contribution in [-0.4, -0.2) is 31.9 Å². The summed E-state index contributed by atoms with van der Waals surface area (Å²) in [6.45, 7) is 4.34. The van der Waals surface area contributed by atoms with Crippen molar-refractivity contribution in [3.63, 3.8) is 0 Å². The van der Waals surface area contributed by atoms with Crippen molar-refractivity contribution >= 4 is 28.7 Å². The quantitative estimate of drug-likeness (QED) is 0.583. The molecule has 1 fully saturated rings. The first-order chi connectivity index (χ1) is 14.1. The minimum Gasteiger partial charge on any atom is -0.348 e. The van der Waals surface area contributed by atoms with E-state index in [0.717, 1.165) is 47.6 Å². The maximum absolute atomic E-state index is 13.3. The third-order valence-electron chi connectivity index (χ3n) is 6.30. The van der Waals surface area contributed by atoms with Gasteiger partial charge in [0.1, 0.15) is 5.82 Å². The van der Waals surface area contributed by atoms with Gasteiger partial charge in [0.2, 0.25) is 5.91 Å². The maximum Gasteiger partial charge on any atom is 0.222 e. The zero-order valence-electron chi connectivity index (χ0n) is 17.2. The van der Waals surface area contributed by atoms with E-state index in [1.165, 1.54) is 0 Å². The number of nitrogens with one attached hydrogen (secondary N) is 2. The number of aromatic amines is 1. The second kappa shape index (κ2) is 8.66. The van der Waals surface area contributed by atoms with Crippen molar-refractivity contribution < 1.29 is 4.79 Å². The number of carbonyl (C=O) groups excluding carboxylic acids is 1. The molecular weight excluding hydrogens is 380 g/mol. The predicted octanol–water partition coefficient (Wildman–Crippen LogP) is 4.88. The smallest absolute Gasteiger partial charge is 0.222 e. The molecule has 5 nitrogen and oxygen atoms in total. The Hall–Kier alpha value is -2.21. The lowest BCUT2D eigenvalue weighted by atomic mass is 9.87. The van der Waals surface area contributed by atoms with E-state index in [1.807, 2.05) is 36.0 Å². The summed E-state index contributed by atoms with van der Waals surface area (Å²) in [5.41, 5.74) is 1.84. The molecule has 3 aromatic rings. The highest BCUT2D eigenvalue weighted by Gasteiger charge is 2.37. The SMILES string of the molecule is CC[C@@H](C)[C@H](NC(=O)CC1(n2cccc2)CCSCC1)c1nc2ccccc2[nH]1. The number of amides is 1. The van der Waals surface area contributed by atoms with Gasteiger partial charge in [-0.3, -0.25) is 4.79 Å². The van der Waals surface area contributed by atoms with Gasteiger partial charge in [-0.2, -0.15) is 11.8 Å². The molecular formula is C23H30N4OS. The standard InChI is InChI=1S/C23H30N4OS/c1-3-17(2)21(22-24-18-8-4-5-9-19(18)25-22)26-20(28)16-23(10-14-29-15-11-23)27-12-6-7-13-27/h4-9,12-13,17,21H,3,10-11,14-16H2,1-2H3,(H,24,25)(H,26,28)/t17-,21+/m1/s1. The molecule has 0 unspecified atom stereocenters. The highest BCUT2D eigenvalue weighted by molar-refractivity contribution is 7.99. The molecule has 1 aromatic carbocycles. The molecule has 0 radical (unpaired) electrons. The second-order valence-corrected chi connectivity index (χ2v) is 9.40. The summed E-state index contributed by atoms with van der Waals surface area (Å²) in [5, 5.41) is 3.33. The minimum atomic E-state index is -0.118. The summed E-state index contributed by atoms with van der Waals surface area (Å²) in [6, 6.07) is 12.0. The fraction of sp³-hybridized carbons (Fsp3) is 0.478. The van der Waals surface area contributed by atoms with Crippen LogP contribution < -0.4 is 5.32 Å². The summed E-state index contributed by atoms with van der Waals surface area (Å²) in [7, 11) is 0. The van der Waals surface area contributed by atoms with Crippen LogP contribution >= 0.6 is 11.8 Å². The zero-order chi connectivity index (χ0) is 20.3. The Morgan fingerprint density at radius 2 is 1.97 bits per heavy atom. The number of thioether (sulfide) groups is 1. The molecule has 154 valence electrons. The number of hydrogen-bond donors (Lipinski definition) is 2. The van der Waals surface area contributed by atoms with Crippen molar-refractivity contribution in [2.24, 2.45) is 5.92 Å². The van der Waals surface area contributed by atoms with E-state index < -0.39 is 0 Å². The van der Waals surface area contributed by atoms with Gasteiger partial charge in [0, 0.05) is 12.4 Å². The molecule has 3 heterocycles. The molecule has 1 saturated heterocycles. The molecule has 2 N–H and O–H groups in total. The molecule has 6 heteroatoms. The van der Waals surface area contributed by atoms with Gasteiger partial charge in [0.25, 0.3) is 0 Å². The summed E-state index contributed by atoms with van der Waals surface area (Å²) in [4.78, 5) is 21.5. The highest BCUT2D eigenvalue weighted by Crippen LogP contribution is 2.37. The second-order valence-electron chi connectivity index (χ2n) is 8.17. The number of nitrogens with zero attached hydrogens (tertiary/aromatic N) is 2. The lowest BCUT2D eigenvalue weighted by Gasteiger charge is -2.38. The van der Waals surface area contributed by atoms with Gasteiger partial charge in [-0.15, -0.1) is 0 Å². The topological polar surface area (TPSA) is 62.7 Å². The first-order valence-electron chi connectivity index (χ1n) is 10.6. The van der Waals surface area contributed by atoms with E-state index >= 15 is 0 Å². The molecule has 0 aliphatic carbocycles. The third kappa shape index (κ3) is 4.22. The lowest BCUT2D eigenvalue weighted by Crippen LogP contribution is -2.43. The van der Waals surface area contributed by atoms with Crippen molar-refractivity contribution in [1.29, 1.82) is 0 Å². The van der Waals surface area contributed by atoms with Crippen molar-refractivity contribution in [3.05, 3.63) is 54.6 Å². The Balaban J connectivity index is 1.56. The van der Waals surface area contributed by atoms with Gasteiger partial charge in [-0.05, 0) is 54.5 Å². The number of rotatable bonds is 7. The van der Waals surface area contributed by atoms with E-state index in [1.54, 1.807) is 0 Å². The Morgan fingerprint density at radius 1 is 1.24 bits per heavy atom. The molecule has 0 saturated carbocycles. The average Bonchev–Trinajstić information content (AvgIpc) is 3.42. The fourth-order valence-electron chi connectivity index (χ4n) is 4.29. The van der Waals surface area contributed by atoms with Gasteiger partial charge in [-0.1, -0.05) is 32.4 Å². The Labute approximate surface area is 176 Å². The van der Waals surface area contributed by atoms with Crippen LogP contribution in [0.1, 0.15) is 51.4 Å². The fourth-order valence-corrected chi connectivity index (χ4v) is 5.54. The zero-order valence-corrected chi connectivity index (χ0v) is 18.0. The number of benzene rings is 1. The molecule has 1 amide bonds. The molecule has 1 aliphatic heterocycles. The van der Waals surface area contributed by atoms with Crippen molar-refractivity contribution in [2.75, 3.05) is 11.5 Å². The summed E-state index contributed by atoms with van der Waals surface area (Å²) >= 11 is 1.98. The van der Waals surface area contributed by atoms with E-state index in [4.69, 9.17) is 4.98 Å². The number of para-hydroxylation sites is 2. The molecule has 2 aromatic heterocycles. The van der Waals surface area contributed by atoms with E-state index in [9.17, 15) is 4.79 Å². The number of hydrogen-bond acceptors (Lipinski definition) is 3. The van der Waals surface area contributed by atoms with Gasteiger partial charge < -0.3 is 14.9 Å². The van der Waals surface area contributed by atoms with Gasteiger partial charge >= 0.3 is 0 Å². The van der Waals surface area contributed by atoms with Gasteiger partial charge in [0.05, 0.1) is 29.0 Å². The van der Waals surface area contributed by atoms with E-state index in [2.05, 4.69) is 53.2 Å². The number of aromatic nitrogens is 3. The number of carbonyl (C=O) groups is 1. The van der Waals surface area contributed by atoms with Crippen LogP contribution in [0.4, 0.5) is 0 Å². The van der Waals surface area contributed by atoms with Gasteiger partial charge in [0.15, 0.2) is 0 Å². The molecule has 1 aliphatic rings. The van der Waals surface area contributed by atoms with Crippen LogP contribution in [0, 0.1) is 5.92 Å². The van der Waals surface area contributed by atoms with Crippen molar-refractivity contribution in [2.45, 2.75) is 51.1 Å². The molecule has 4 rings (SSSR count). The molecule has 0 spiro atoms. The summed E-state index contributed by atoms with van der Waals surface area (Å²) < 4.78 is 2.26. The van der Waals surface area contributed by atoms with Gasteiger partial charge in [-0.25, -0.2) is 4.98 Å². The largest absolute Gasteiger partial charge is 0.348 e. The van der Waals surface area contributed by atoms with Crippen LogP contribution in [0.2, 0.25) is 0 Å². The Morgan fingerprint density at radius 3 is 2.66 bits per heavy atom. The van der Waals surface area contributed by atoms with Crippen LogP contribution in [-0.2, 0) is 10.3 Å². The molecule has 2 atom stereocenters. The Kier molecular flexibility index (Phi) is 5.99. The first kappa shape index (κ1) is 20.1. The summed E-state index contributed by atoms with van der Waals surface area (Å²) in [5.74, 6) is 3.46. The highest BCUT2D eigenvalue weighted by atomic mass is 32.2. The average molecular weight is 411 g/mol. The number of imidazole rings is 1. The third-order valence-corrected chi connectivity index (χ3v) is 7.28. The number of fused-ring (bicyclic) bond motifs is 1. The molecule has 0 bridgehead atoms. The maximum atomic E-state index is 13.3. The summed E-state index contributed by atoms with van der Waals surface area (Å²) in [6.07, 6.45) is 7.75. The van der Waals surface area contributed by atoms with Crippen LogP contribution in [0.3, 0.4) is 0 Å². The lowest BCUT2D eigenvalue weighted by molar-refractivity contribution is -0.124. The van der Waals surface area contributed by atoms with E-state index in [0.29, 0.717) is 12.3 Å². The molecule has 29 heavy (non-hydrogen) atoms. The predicted molar refractivity (Wildman–Crippen MR) is 120 cm³/mol. The van der Waals surface area contributed by atoms with Crippen molar-refractivity contribution in [1.82, 2.24) is 19.9 Å². The van der Waals surface area contributed by atoms with Crippen LogP contribution in [0.5, 0.6) is 0 Å². The first-order valence-corrected chi connectivity index (χ1v) is 11.7.